The van der Waals surface area contributed by atoms with E-state index < -0.39 is 0 Å². The van der Waals surface area contributed by atoms with E-state index in [1.807, 2.05) is 0 Å². The van der Waals surface area contributed by atoms with Gasteiger partial charge >= 0.3 is 0 Å². The molecule has 5 atom stereocenters. The Balaban J connectivity index is 1.81. The van der Waals surface area contributed by atoms with Crippen LogP contribution in [0.2, 0.25) is 0 Å². The number of imide groups is 1. The summed E-state index contributed by atoms with van der Waals surface area (Å²) < 4.78 is 5.68. The third kappa shape index (κ3) is 1.45. The van der Waals surface area contributed by atoms with Crippen LogP contribution in [0.15, 0.2) is 0 Å². The third-order valence-corrected chi connectivity index (χ3v) is 4.35. The Morgan fingerprint density at radius 3 is 2.82 bits per heavy atom. The van der Waals surface area contributed by atoms with Crippen LogP contribution < -0.4 is 5.73 Å². The zero-order chi connectivity index (χ0) is 12.2. The highest BCUT2D eigenvalue weighted by Gasteiger charge is 2.57. The topological polar surface area (TPSA) is 72.6 Å². The third-order valence-electron chi connectivity index (χ3n) is 4.35. The average molecular weight is 238 g/mol. The van der Waals surface area contributed by atoms with E-state index in [4.69, 9.17) is 10.5 Å². The Morgan fingerprint density at radius 2 is 2.18 bits per heavy atom. The summed E-state index contributed by atoms with van der Waals surface area (Å²) in [6, 6.07) is -0.316. The second-order valence-corrected chi connectivity index (χ2v) is 5.42. The molecule has 2 saturated heterocycles. The molecule has 2 aliphatic heterocycles. The molecule has 0 aromatic rings. The van der Waals surface area contributed by atoms with Crippen molar-refractivity contribution in [3.8, 4) is 0 Å². The Hall–Kier alpha value is -0.940. The fraction of sp³-hybridized carbons (Fsp3) is 0.833. The van der Waals surface area contributed by atoms with Crippen LogP contribution in [0.3, 0.4) is 0 Å². The molecule has 94 valence electrons. The number of amides is 2. The molecule has 1 aliphatic carbocycles. The van der Waals surface area contributed by atoms with Gasteiger partial charge in [0.05, 0.1) is 12.1 Å². The monoisotopic (exact) mass is 238 g/mol. The highest BCUT2D eigenvalue weighted by atomic mass is 16.5. The number of rotatable bonds is 1. The maximum absolute atomic E-state index is 12.0. The number of likely N-dealkylation sites (tertiary alicyclic amines) is 1. The maximum atomic E-state index is 12.0. The van der Waals surface area contributed by atoms with Crippen LogP contribution in [0.4, 0.5) is 0 Å². The molecule has 0 radical (unpaired) electrons. The molecule has 3 fully saturated rings. The van der Waals surface area contributed by atoms with E-state index in [9.17, 15) is 9.59 Å². The molecule has 3 rings (SSSR count). The maximum Gasteiger partial charge on any atom is 0.232 e. The summed E-state index contributed by atoms with van der Waals surface area (Å²) in [6.45, 7) is 2.51. The molecule has 1 saturated carbocycles. The summed E-state index contributed by atoms with van der Waals surface area (Å²) in [6.07, 6.45) is 2.38. The first-order valence-electron chi connectivity index (χ1n) is 6.34. The minimum Gasteiger partial charge on any atom is -0.376 e. The molecule has 5 heteroatoms. The van der Waals surface area contributed by atoms with Crippen molar-refractivity contribution >= 4 is 11.8 Å². The number of nitrogens with two attached hydrogens (primary N) is 1. The van der Waals surface area contributed by atoms with Crippen LogP contribution >= 0.6 is 0 Å². The Kier molecular flexibility index (Phi) is 2.48. The van der Waals surface area contributed by atoms with E-state index in [0.717, 1.165) is 19.4 Å². The molecule has 0 bridgehead atoms. The van der Waals surface area contributed by atoms with Crippen molar-refractivity contribution in [2.45, 2.75) is 44.4 Å². The normalized spacial score (nSPS) is 45.8. The first kappa shape index (κ1) is 11.2. The van der Waals surface area contributed by atoms with Crippen LogP contribution in [-0.4, -0.2) is 41.5 Å². The number of carbonyl (C=O) groups is 2. The smallest absolute Gasteiger partial charge is 0.232 e. The van der Waals surface area contributed by atoms with Crippen LogP contribution in [0.25, 0.3) is 0 Å². The second-order valence-electron chi connectivity index (χ2n) is 5.42. The van der Waals surface area contributed by atoms with Crippen LogP contribution in [-0.2, 0) is 14.3 Å². The summed E-state index contributed by atoms with van der Waals surface area (Å²) in [4.78, 5) is 25.2. The fourth-order valence-electron chi connectivity index (χ4n) is 3.36. The Morgan fingerprint density at radius 1 is 1.41 bits per heavy atom. The first-order chi connectivity index (χ1) is 8.11. The number of hydrogen-bond donors (Lipinski definition) is 1. The highest BCUT2D eigenvalue weighted by molar-refractivity contribution is 6.03. The fourth-order valence-corrected chi connectivity index (χ4v) is 3.36. The molecule has 17 heavy (non-hydrogen) atoms. The standard InChI is InChI=1S/C12H18N2O3/c1-6-5-8(15)14(12(6)16)10-9(13)7-3-2-4-17-11(7)10/h6-7,9-11H,2-5,13H2,1H3. The highest BCUT2D eigenvalue weighted by Crippen LogP contribution is 2.41. The van der Waals surface area contributed by atoms with Gasteiger partial charge in [0.2, 0.25) is 11.8 Å². The molecular formula is C12H18N2O3. The largest absolute Gasteiger partial charge is 0.376 e. The van der Waals surface area contributed by atoms with Gasteiger partial charge in [-0.15, -0.1) is 0 Å². The van der Waals surface area contributed by atoms with Gasteiger partial charge in [-0.25, -0.2) is 0 Å². The van der Waals surface area contributed by atoms with Gasteiger partial charge in [0.25, 0.3) is 0 Å². The van der Waals surface area contributed by atoms with Crippen molar-refractivity contribution in [2.24, 2.45) is 17.6 Å². The van der Waals surface area contributed by atoms with Gasteiger partial charge in [0, 0.05) is 30.9 Å². The van der Waals surface area contributed by atoms with E-state index in [1.165, 1.54) is 4.90 Å². The summed E-state index contributed by atoms with van der Waals surface area (Å²) in [5.41, 5.74) is 6.10. The minimum absolute atomic E-state index is 0.0167. The summed E-state index contributed by atoms with van der Waals surface area (Å²) >= 11 is 0. The average Bonchev–Trinajstić information content (AvgIpc) is 2.56. The van der Waals surface area contributed by atoms with Crippen molar-refractivity contribution in [3.05, 3.63) is 0 Å². The lowest BCUT2D eigenvalue weighted by Crippen LogP contribution is -2.72. The van der Waals surface area contributed by atoms with Gasteiger partial charge in [-0.1, -0.05) is 6.92 Å². The number of fused-ring (bicyclic) bond motifs is 1. The molecule has 5 unspecified atom stereocenters. The summed E-state index contributed by atoms with van der Waals surface area (Å²) in [5.74, 6) is -0.0405. The first-order valence-corrected chi connectivity index (χ1v) is 6.34. The molecule has 0 aromatic heterocycles. The van der Waals surface area contributed by atoms with Crippen molar-refractivity contribution in [2.75, 3.05) is 6.61 Å². The van der Waals surface area contributed by atoms with Crippen molar-refractivity contribution in [1.29, 1.82) is 0 Å². The van der Waals surface area contributed by atoms with E-state index in [0.29, 0.717) is 12.3 Å². The molecule has 2 N–H and O–H groups in total. The lowest BCUT2D eigenvalue weighted by molar-refractivity contribution is -0.173. The predicted octanol–water partition coefficient (Wildman–Crippen LogP) is -0.114. The number of hydrogen-bond acceptors (Lipinski definition) is 4. The molecular weight excluding hydrogens is 220 g/mol. The molecule has 0 aromatic carbocycles. The summed E-state index contributed by atoms with van der Waals surface area (Å²) in [5, 5.41) is 0. The van der Waals surface area contributed by atoms with Crippen molar-refractivity contribution in [1.82, 2.24) is 4.90 Å². The van der Waals surface area contributed by atoms with Crippen molar-refractivity contribution < 1.29 is 14.3 Å². The van der Waals surface area contributed by atoms with Crippen LogP contribution in [0.5, 0.6) is 0 Å². The molecule has 3 aliphatic rings. The zero-order valence-electron chi connectivity index (χ0n) is 9.96. The van der Waals surface area contributed by atoms with Gasteiger partial charge in [-0.3, -0.25) is 14.5 Å². The lowest BCUT2D eigenvalue weighted by atomic mass is 9.68. The number of carbonyl (C=O) groups excluding carboxylic acids is 2. The predicted molar refractivity (Wildman–Crippen MR) is 59.9 cm³/mol. The van der Waals surface area contributed by atoms with Crippen molar-refractivity contribution in [3.63, 3.8) is 0 Å². The molecule has 0 spiro atoms. The molecule has 5 nitrogen and oxygen atoms in total. The quantitative estimate of drug-likeness (QED) is 0.647. The van der Waals surface area contributed by atoms with Gasteiger partial charge in [-0.05, 0) is 12.8 Å². The lowest BCUT2D eigenvalue weighted by Gasteiger charge is -2.54. The Bertz CT molecular complexity index is 371. The zero-order valence-corrected chi connectivity index (χ0v) is 9.96. The van der Waals surface area contributed by atoms with E-state index in [2.05, 4.69) is 0 Å². The molecule has 2 heterocycles. The van der Waals surface area contributed by atoms with E-state index in [-0.39, 0.29) is 35.9 Å². The second kappa shape index (κ2) is 3.78. The van der Waals surface area contributed by atoms with Crippen LogP contribution in [0, 0.1) is 11.8 Å². The minimum atomic E-state index is -0.217. The van der Waals surface area contributed by atoms with E-state index >= 15 is 0 Å². The SMILES string of the molecule is CC1CC(=O)N(C2C(N)C3CCCOC32)C1=O. The number of ether oxygens (including phenoxy) is 1. The van der Waals surface area contributed by atoms with Gasteiger partial charge in [-0.2, -0.15) is 0 Å². The molecule has 2 amide bonds. The summed E-state index contributed by atoms with van der Waals surface area (Å²) in [7, 11) is 0. The van der Waals surface area contributed by atoms with Gasteiger partial charge in [0.1, 0.15) is 0 Å². The number of nitrogens with zero attached hydrogens (tertiary/aromatic N) is 1. The Labute approximate surface area is 100 Å². The van der Waals surface area contributed by atoms with Crippen LogP contribution in [0.1, 0.15) is 26.2 Å². The van der Waals surface area contributed by atoms with Gasteiger partial charge in [0.15, 0.2) is 0 Å². The van der Waals surface area contributed by atoms with Gasteiger partial charge < -0.3 is 10.5 Å². The van der Waals surface area contributed by atoms with E-state index in [1.54, 1.807) is 6.92 Å².